The second-order valence-electron chi connectivity index (χ2n) is 5.58. The number of aromatic amines is 1. The molecule has 0 spiro atoms. The number of carbonyl (C=O) groups is 1. The third-order valence-electron chi connectivity index (χ3n) is 3.81. The Kier molecular flexibility index (Phi) is 3.96. The minimum Gasteiger partial charge on any atom is -0.361 e. The SMILES string of the molecule is O=C(CCc1nc(-c2ccc3cc[nH]c3c2)no1)Nc1ccncc1. The van der Waals surface area contributed by atoms with Crippen LogP contribution in [0.5, 0.6) is 0 Å². The predicted octanol–water partition coefficient (Wildman–Crippen LogP) is 3.18. The van der Waals surface area contributed by atoms with Gasteiger partial charge in [0, 0.05) is 48.2 Å². The Morgan fingerprint density at radius 2 is 2.04 bits per heavy atom. The van der Waals surface area contributed by atoms with Crippen molar-refractivity contribution in [3.8, 4) is 11.4 Å². The Morgan fingerprint density at radius 1 is 1.16 bits per heavy atom. The number of carbonyl (C=O) groups excluding carboxylic acids is 1. The summed E-state index contributed by atoms with van der Waals surface area (Å²) in [6.07, 6.45) is 5.79. The predicted molar refractivity (Wildman–Crippen MR) is 92.8 cm³/mol. The molecule has 0 saturated heterocycles. The van der Waals surface area contributed by atoms with Crippen LogP contribution in [0.1, 0.15) is 12.3 Å². The van der Waals surface area contributed by atoms with E-state index in [0.29, 0.717) is 23.8 Å². The average Bonchev–Trinajstić information content (AvgIpc) is 3.29. The minimum atomic E-state index is -0.112. The highest BCUT2D eigenvalue weighted by atomic mass is 16.5. The van der Waals surface area contributed by atoms with Crippen LogP contribution >= 0.6 is 0 Å². The second-order valence-corrected chi connectivity index (χ2v) is 5.58. The molecule has 0 saturated carbocycles. The van der Waals surface area contributed by atoms with Crippen LogP contribution in [0, 0.1) is 0 Å². The Hall–Kier alpha value is -3.48. The zero-order valence-corrected chi connectivity index (χ0v) is 13.3. The van der Waals surface area contributed by atoms with Crippen LogP contribution in [0.4, 0.5) is 5.69 Å². The third kappa shape index (κ3) is 3.40. The number of aromatic nitrogens is 4. The molecule has 7 nitrogen and oxygen atoms in total. The number of H-pyrrole nitrogens is 1. The number of rotatable bonds is 5. The summed E-state index contributed by atoms with van der Waals surface area (Å²) >= 11 is 0. The lowest BCUT2D eigenvalue weighted by Crippen LogP contribution is -2.12. The number of nitrogens with zero attached hydrogens (tertiary/aromatic N) is 3. The zero-order valence-electron chi connectivity index (χ0n) is 13.3. The Bertz CT molecular complexity index is 1010. The largest absolute Gasteiger partial charge is 0.361 e. The number of nitrogens with one attached hydrogen (secondary N) is 2. The van der Waals surface area contributed by atoms with Crippen LogP contribution in [0.3, 0.4) is 0 Å². The van der Waals surface area contributed by atoms with E-state index in [1.54, 1.807) is 24.5 Å². The van der Waals surface area contributed by atoms with Gasteiger partial charge in [-0.1, -0.05) is 17.3 Å². The summed E-state index contributed by atoms with van der Waals surface area (Å²) in [4.78, 5) is 23.4. The first-order valence-corrected chi connectivity index (χ1v) is 7.88. The van der Waals surface area contributed by atoms with Gasteiger partial charge in [-0.25, -0.2) is 0 Å². The number of fused-ring (bicyclic) bond motifs is 1. The van der Waals surface area contributed by atoms with Gasteiger partial charge < -0.3 is 14.8 Å². The maximum absolute atomic E-state index is 12.0. The van der Waals surface area contributed by atoms with E-state index in [0.717, 1.165) is 16.5 Å². The standard InChI is InChI=1S/C18H15N5O2/c24-16(21-14-6-8-19-9-7-14)3-4-17-22-18(23-25-17)13-2-1-12-5-10-20-15(12)11-13/h1-2,5-11,20H,3-4H2,(H,19,21,24). The van der Waals surface area contributed by atoms with Crippen molar-refractivity contribution in [2.75, 3.05) is 5.32 Å². The summed E-state index contributed by atoms with van der Waals surface area (Å²) in [6, 6.07) is 11.4. The van der Waals surface area contributed by atoms with Gasteiger partial charge in [0.05, 0.1) is 0 Å². The van der Waals surface area contributed by atoms with Gasteiger partial charge in [-0.2, -0.15) is 4.98 Å². The van der Waals surface area contributed by atoms with Gasteiger partial charge in [-0.3, -0.25) is 9.78 Å². The van der Waals surface area contributed by atoms with Crippen molar-refractivity contribution in [2.45, 2.75) is 12.8 Å². The summed E-state index contributed by atoms with van der Waals surface area (Å²) < 4.78 is 5.25. The summed E-state index contributed by atoms with van der Waals surface area (Å²) in [5, 5.41) is 7.92. The van der Waals surface area contributed by atoms with Crippen molar-refractivity contribution >= 4 is 22.5 Å². The molecule has 0 bridgehead atoms. The molecule has 1 amide bonds. The molecular weight excluding hydrogens is 318 g/mol. The lowest BCUT2D eigenvalue weighted by atomic mass is 10.1. The summed E-state index contributed by atoms with van der Waals surface area (Å²) in [5.41, 5.74) is 2.59. The maximum Gasteiger partial charge on any atom is 0.227 e. The fraction of sp³-hybridized carbons (Fsp3) is 0.111. The summed E-state index contributed by atoms with van der Waals surface area (Å²) in [7, 11) is 0. The van der Waals surface area contributed by atoms with E-state index >= 15 is 0 Å². The molecule has 0 atom stereocenters. The third-order valence-corrected chi connectivity index (χ3v) is 3.81. The van der Waals surface area contributed by atoms with Gasteiger partial charge in [0.2, 0.25) is 17.6 Å². The molecule has 1 aromatic carbocycles. The van der Waals surface area contributed by atoms with Crippen LogP contribution < -0.4 is 5.32 Å². The average molecular weight is 333 g/mol. The maximum atomic E-state index is 12.0. The van der Waals surface area contributed by atoms with E-state index in [-0.39, 0.29) is 12.3 Å². The molecule has 0 fully saturated rings. The molecule has 4 rings (SSSR count). The van der Waals surface area contributed by atoms with E-state index in [1.807, 2.05) is 30.5 Å². The molecule has 3 aromatic heterocycles. The number of anilines is 1. The highest BCUT2D eigenvalue weighted by Crippen LogP contribution is 2.21. The van der Waals surface area contributed by atoms with Crippen molar-refractivity contribution in [3.05, 3.63) is 60.9 Å². The van der Waals surface area contributed by atoms with Gasteiger partial charge >= 0.3 is 0 Å². The highest BCUT2D eigenvalue weighted by Gasteiger charge is 2.11. The van der Waals surface area contributed by atoms with E-state index in [2.05, 4.69) is 25.4 Å². The first kappa shape index (κ1) is 15.1. The van der Waals surface area contributed by atoms with Gasteiger partial charge in [0.1, 0.15) is 0 Å². The van der Waals surface area contributed by atoms with Gasteiger partial charge in [0.15, 0.2) is 0 Å². The van der Waals surface area contributed by atoms with Crippen LogP contribution in [0.2, 0.25) is 0 Å². The van der Waals surface area contributed by atoms with Crippen molar-refractivity contribution in [2.24, 2.45) is 0 Å². The molecule has 2 N–H and O–H groups in total. The van der Waals surface area contributed by atoms with Crippen molar-refractivity contribution < 1.29 is 9.32 Å². The molecule has 0 aliphatic rings. The zero-order chi connectivity index (χ0) is 17.1. The van der Waals surface area contributed by atoms with Gasteiger partial charge in [0.25, 0.3) is 0 Å². The van der Waals surface area contributed by atoms with Crippen LogP contribution in [0.25, 0.3) is 22.3 Å². The first-order valence-electron chi connectivity index (χ1n) is 7.88. The summed E-state index contributed by atoms with van der Waals surface area (Å²) in [6.45, 7) is 0. The van der Waals surface area contributed by atoms with E-state index < -0.39 is 0 Å². The lowest BCUT2D eigenvalue weighted by molar-refractivity contribution is -0.116. The van der Waals surface area contributed by atoms with Crippen molar-refractivity contribution in [3.63, 3.8) is 0 Å². The molecule has 124 valence electrons. The number of benzene rings is 1. The normalized spacial score (nSPS) is 10.9. The fourth-order valence-corrected chi connectivity index (χ4v) is 2.54. The second kappa shape index (κ2) is 6.56. The topological polar surface area (TPSA) is 96.7 Å². The van der Waals surface area contributed by atoms with Crippen molar-refractivity contribution in [1.29, 1.82) is 0 Å². The van der Waals surface area contributed by atoms with E-state index in [1.165, 1.54) is 0 Å². The molecular formula is C18H15N5O2. The molecule has 3 heterocycles. The quantitative estimate of drug-likeness (QED) is 0.584. The Labute approximate surface area is 143 Å². The molecule has 4 aromatic rings. The van der Waals surface area contributed by atoms with Crippen molar-refractivity contribution in [1.82, 2.24) is 20.1 Å². The number of amides is 1. The Morgan fingerprint density at radius 3 is 2.92 bits per heavy atom. The number of pyridine rings is 1. The molecule has 25 heavy (non-hydrogen) atoms. The Balaban J connectivity index is 1.40. The fourth-order valence-electron chi connectivity index (χ4n) is 2.54. The molecule has 0 unspecified atom stereocenters. The van der Waals surface area contributed by atoms with Crippen LogP contribution in [-0.4, -0.2) is 26.0 Å². The van der Waals surface area contributed by atoms with E-state index in [4.69, 9.17) is 4.52 Å². The minimum absolute atomic E-state index is 0.112. The van der Waals surface area contributed by atoms with Gasteiger partial charge in [-0.05, 0) is 29.7 Å². The van der Waals surface area contributed by atoms with Gasteiger partial charge in [-0.15, -0.1) is 0 Å². The molecule has 0 aliphatic carbocycles. The smallest absolute Gasteiger partial charge is 0.227 e. The molecule has 0 radical (unpaired) electrons. The molecule has 7 heteroatoms. The number of hydrogen-bond donors (Lipinski definition) is 2. The molecule has 0 aliphatic heterocycles. The monoisotopic (exact) mass is 333 g/mol. The van der Waals surface area contributed by atoms with E-state index in [9.17, 15) is 4.79 Å². The number of hydrogen-bond acceptors (Lipinski definition) is 5. The van der Waals surface area contributed by atoms with Crippen LogP contribution in [-0.2, 0) is 11.2 Å². The summed E-state index contributed by atoms with van der Waals surface area (Å²) in [5.74, 6) is 0.839. The highest BCUT2D eigenvalue weighted by molar-refractivity contribution is 5.90. The first-order chi connectivity index (χ1) is 12.3. The lowest BCUT2D eigenvalue weighted by Gasteiger charge is -2.02. The van der Waals surface area contributed by atoms with Crippen LogP contribution in [0.15, 0.2) is 59.5 Å². The number of aryl methyl sites for hydroxylation is 1.